The van der Waals surface area contributed by atoms with Gasteiger partial charge in [0.15, 0.2) is 0 Å². The van der Waals surface area contributed by atoms with Crippen LogP contribution in [-0.2, 0) is 27.9 Å². The Morgan fingerprint density at radius 1 is 1.22 bits per heavy atom. The van der Waals surface area contributed by atoms with Crippen molar-refractivity contribution in [3.63, 3.8) is 0 Å². The predicted octanol–water partition coefficient (Wildman–Crippen LogP) is 2.40. The molecule has 122 valence electrons. The Bertz CT molecular complexity index is 706. The molecule has 0 spiro atoms. The fraction of sp³-hybridized carbons (Fsp3) is 0.235. The molecule has 2 aromatic carbocycles. The maximum atomic E-state index is 13.4. The molecule has 0 aliphatic heterocycles. The Balaban J connectivity index is 1.82. The predicted molar refractivity (Wildman–Crippen MR) is 88.0 cm³/mol. The Hall–Kier alpha value is -2.21. The fourth-order valence-corrected chi connectivity index (χ4v) is 3.08. The summed E-state index contributed by atoms with van der Waals surface area (Å²) in [4.78, 5) is 11.8. The molecule has 0 aliphatic carbocycles. The molecule has 0 heterocycles. The van der Waals surface area contributed by atoms with Gasteiger partial charge in [-0.15, -0.1) is 0 Å². The van der Waals surface area contributed by atoms with Crippen LogP contribution in [0.3, 0.4) is 0 Å². The molecule has 1 unspecified atom stereocenters. The van der Waals surface area contributed by atoms with Crippen molar-refractivity contribution in [2.75, 3.05) is 12.9 Å². The third kappa shape index (κ3) is 5.49. The van der Waals surface area contributed by atoms with Gasteiger partial charge in [-0.25, -0.2) is 4.39 Å². The summed E-state index contributed by atoms with van der Waals surface area (Å²) in [6, 6.07) is 13.4. The molecule has 0 fully saturated rings. The quantitative estimate of drug-likeness (QED) is 0.845. The van der Waals surface area contributed by atoms with Gasteiger partial charge in [-0.05, 0) is 23.8 Å². The Kier molecular flexibility index (Phi) is 6.29. The van der Waals surface area contributed by atoms with Crippen molar-refractivity contribution in [2.24, 2.45) is 0 Å². The Morgan fingerprint density at radius 2 is 2.00 bits per heavy atom. The average Bonchev–Trinajstić information content (AvgIpc) is 2.54. The molecule has 23 heavy (non-hydrogen) atoms. The van der Waals surface area contributed by atoms with Gasteiger partial charge in [0.1, 0.15) is 17.3 Å². The van der Waals surface area contributed by atoms with E-state index in [-0.39, 0.29) is 29.8 Å². The Labute approximate surface area is 137 Å². The van der Waals surface area contributed by atoms with Crippen LogP contribution in [0.25, 0.3) is 0 Å². The van der Waals surface area contributed by atoms with E-state index in [9.17, 15) is 13.4 Å². The normalized spacial score (nSPS) is 11.7. The summed E-state index contributed by atoms with van der Waals surface area (Å²) in [6.45, 7) is 0.0852. The topological polar surface area (TPSA) is 55.4 Å². The molecule has 0 saturated carbocycles. The highest BCUT2D eigenvalue weighted by molar-refractivity contribution is 7.84. The molecular weight excluding hydrogens is 317 g/mol. The number of ether oxygens (including phenoxy) is 1. The maximum Gasteiger partial charge on any atom is 0.232 e. The lowest BCUT2D eigenvalue weighted by Gasteiger charge is -2.07. The second-order valence-electron chi connectivity index (χ2n) is 4.95. The summed E-state index contributed by atoms with van der Waals surface area (Å²) in [5, 5.41) is 2.58. The number of carbonyl (C=O) groups is 1. The number of amides is 1. The van der Waals surface area contributed by atoms with Crippen LogP contribution in [0, 0.1) is 5.82 Å². The molecule has 0 saturated heterocycles. The van der Waals surface area contributed by atoms with Gasteiger partial charge in [-0.2, -0.15) is 0 Å². The number of methoxy groups -OCH3 is 1. The first kappa shape index (κ1) is 17.1. The van der Waals surface area contributed by atoms with Crippen LogP contribution in [0.15, 0.2) is 48.5 Å². The lowest BCUT2D eigenvalue weighted by molar-refractivity contribution is -0.118. The van der Waals surface area contributed by atoms with Crippen LogP contribution in [0.5, 0.6) is 5.75 Å². The zero-order valence-corrected chi connectivity index (χ0v) is 13.6. The lowest BCUT2D eigenvalue weighted by Crippen LogP contribution is -2.28. The van der Waals surface area contributed by atoms with E-state index >= 15 is 0 Å². The minimum Gasteiger partial charge on any atom is -0.497 e. The molecule has 1 atom stereocenters. The number of carbonyl (C=O) groups excluding carboxylic acids is 1. The van der Waals surface area contributed by atoms with Crippen LogP contribution >= 0.6 is 0 Å². The minimum atomic E-state index is -1.34. The number of hydrogen-bond acceptors (Lipinski definition) is 3. The summed E-state index contributed by atoms with van der Waals surface area (Å²) in [5.41, 5.74) is 1.24. The third-order valence-electron chi connectivity index (χ3n) is 3.19. The first-order valence-corrected chi connectivity index (χ1v) is 8.55. The van der Waals surface area contributed by atoms with Crippen LogP contribution in [-0.4, -0.2) is 23.0 Å². The molecule has 2 rings (SSSR count). The third-order valence-corrected chi connectivity index (χ3v) is 4.43. The van der Waals surface area contributed by atoms with Crippen LogP contribution in [0.1, 0.15) is 11.1 Å². The van der Waals surface area contributed by atoms with Crippen molar-refractivity contribution >= 4 is 16.7 Å². The van der Waals surface area contributed by atoms with Crippen molar-refractivity contribution in [2.45, 2.75) is 12.3 Å². The SMILES string of the molecule is COc1cccc(CS(=O)CC(=O)NCc2ccccc2F)c1. The van der Waals surface area contributed by atoms with Gasteiger partial charge in [-0.3, -0.25) is 9.00 Å². The number of hydrogen-bond donors (Lipinski definition) is 1. The average molecular weight is 335 g/mol. The van der Waals surface area contributed by atoms with E-state index in [0.717, 1.165) is 5.56 Å². The number of benzene rings is 2. The standard InChI is InChI=1S/C17H18FNO3S/c1-22-15-7-4-5-13(9-15)11-23(21)12-17(20)19-10-14-6-2-3-8-16(14)18/h2-9H,10-12H2,1H3,(H,19,20). The fourth-order valence-electron chi connectivity index (χ4n) is 2.03. The van der Waals surface area contributed by atoms with Gasteiger partial charge in [-0.1, -0.05) is 30.3 Å². The molecule has 0 bridgehead atoms. The van der Waals surface area contributed by atoms with Crippen LogP contribution < -0.4 is 10.1 Å². The maximum absolute atomic E-state index is 13.4. The van der Waals surface area contributed by atoms with E-state index in [2.05, 4.69) is 5.32 Å². The van der Waals surface area contributed by atoms with E-state index in [1.165, 1.54) is 6.07 Å². The van der Waals surface area contributed by atoms with Crippen molar-refractivity contribution in [1.29, 1.82) is 0 Å². The van der Waals surface area contributed by atoms with E-state index < -0.39 is 10.8 Å². The lowest BCUT2D eigenvalue weighted by atomic mass is 10.2. The van der Waals surface area contributed by atoms with Crippen molar-refractivity contribution < 1.29 is 18.1 Å². The number of rotatable bonds is 7. The molecule has 0 aromatic heterocycles. The van der Waals surface area contributed by atoms with Gasteiger partial charge < -0.3 is 10.1 Å². The monoisotopic (exact) mass is 335 g/mol. The molecule has 2 aromatic rings. The Morgan fingerprint density at radius 3 is 2.74 bits per heavy atom. The van der Waals surface area contributed by atoms with Gasteiger partial charge >= 0.3 is 0 Å². The van der Waals surface area contributed by atoms with Gasteiger partial charge in [0.2, 0.25) is 5.91 Å². The second-order valence-corrected chi connectivity index (χ2v) is 6.41. The van der Waals surface area contributed by atoms with E-state index in [1.807, 2.05) is 12.1 Å². The van der Waals surface area contributed by atoms with Crippen molar-refractivity contribution in [3.8, 4) is 5.75 Å². The molecule has 1 N–H and O–H groups in total. The zero-order valence-electron chi connectivity index (χ0n) is 12.8. The highest BCUT2D eigenvalue weighted by Crippen LogP contribution is 2.14. The molecule has 4 nitrogen and oxygen atoms in total. The molecule has 1 amide bonds. The van der Waals surface area contributed by atoms with E-state index in [1.54, 1.807) is 37.4 Å². The zero-order chi connectivity index (χ0) is 16.7. The van der Waals surface area contributed by atoms with Gasteiger partial charge in [0.05, 0.1) is 7.11 Å². The summed E-state index contributed by atoms with van der Waals surface area (Å²) >= 11 is 0. The summed E-state index contributed by atoms with van der Waals surface area (Å²) in [7, 11) is 0.226. The smallest absolute Gasteiger partial charge is 0.232 e. The van der Waals surface area contributed by atoms with Crippen molar-refractivity contribution in [1.82, 2.24) is 5.32 Å². The first-order chi connectivity index (χ1) is 11.1. The van der Waals surface area contributed by atoms with Gasteiger partial charge in [0.25, 0.3) is 0 Å². The summed E-state index contributed by atoms with van der Waals surface area (Å²) in [5.74, 6) is 0.0963. The molecule has 0 aliphatic rings. The summed E-state index contributed by atoms with van der Waals surface area (Å²) < 4.78 is 30.6. The second kappa shape index (κ2) is 8.43. The highest BCUT2D eigenvalue weighted by atomic mass is 32.2. The molecule has 0 radical (unpaired) electrons. The molecule has 6 heteroatoms. The van der Waals surface area contributed by atoms with Gasteiger partial charge in [0, 0.05) is 28.7 Å². The van der Waals surface area contributed by atoms with Crippen LogP contribution in [0.2, 0.25) is 0 Å². The highest BCUT2D eigenvalue weighted by Gasteiger charge is 2.10. The minimum absolute atomic E-state index is 0.0852. The van der Waals surface area contributed by atoms with E-state index in [4.69, 9.17) is 4.74 Å². The van der Waals surface area contributed by atoms with Crippen molar-refractivity contribution in [3.05, 3.63) is 65.5 Å². The van der Waals surface area contributed by atoms with Crippen LogP contribution in [0.4, 0.5) is 4.39 Å². The summed E-state index contributed by atoms with van der Waals surface area (Å²) in [6.07, 6.45) is 0. The molecular formula is C17H18FNO3S. The first-order valence-electron chi connectivity index (χ1n) is 7.06. The number of nitrogens with one attached hydrogen (secondary N) is 1. The number of halogens is 1. The largest absolute Gasteiger partial charge is 0.497 e. The van der Waals surface area contributed by atoms with E-state index in [0.29, 0.717) is 11.3 Å².